The molecule has 3 aromatic rings. The molecule has 1 fully saturated rings. The van der Waals surface area contributed by atoms with Crippen LogP contribution in [0.1, 0.15) is 30.9 Å². The molecule has 0 bridgehead atoms. The van der Waals surface area contributed by atoms with Crippen LogP contribution in [0.15, 0.2) is 48.8 Å². The summed E-state index contributed by atoms with van der Waals surface area (Å²) in [6, 6.07) is 11.1. The number of aromatic amines is 1. The van der Waals surface area contributed by atoms with E-state index in [9.17, 15) is 13.4 Å². The van der Waals surface area contributed by atoms with Crippen LogP contribution in [-0.4, -0.2) is 36.6 Å². The number of hydrogen-bond donors (Lipinski definition) is 3. The minimum absolute atomic E-state index is 0.0166. The fraction of sp³-hybridized carbons (Fsp3) is 0.381. The average molecular weight is 425 g/mol. The van der Waals surface area contributed by atoms with Gasteiger partial charge in [0, 0.05) is 29.5 Å². The molecule has 9 heteroatoms. The molecule has 1 aromatic carbocycles. The lowest BCUT2D eigenvalue weighted by atomic mass is 9.52. The topological polar surface area (TPSA) is 104 Å². The molecule has 0 spiro atoms. The Labute approximate surface area is 176 Å². The molecule has 5 rings (SSSR count). The molecule has 1 unspecified atom stereocenters. The number of aromatic nitrogens is 2. The molecule has 156 valence electrons. The second-order valence-electron chi connectivity index (χ2n) is 8.66. The van der Waals surface area contributed by atoms with Crippen LogP contribution in [0.5, 0.6) is 5.75 Å². The van der Waals surface area contributed by atoms with Crippen molar-refractivity contribution < 1.29 is 18.1 Å². The fourth-order valence-corrected chi connectivity index (χ4v) is 6.43. The third-order valence-corrected chi connectivity index (χ3v) is 7.98. The first kappa shape index (κ1) is 19.6. The van der Waals surface area contributed by atoms with Crippen molar-refractivity contribution in [3.05, 3.63) is 59.9 Å². The van der Waals surface area contributed by atoms with Gasteiger partial charge in [0.25, 0.3) is 0 Å². The lowest BCUT2D eigenvalue weighted by Gasteiger charge is -2.50. The van der Waals surface area contributed by atoms with E-state index in [4.69, 9.17) is 4.65 Å². The molecular weight excluding hydrogens is 401 g/mol. The third kappa shape index (κ3) is 3.40. The van der Waals surface area contributed by atoms with E-state index in [0.717, 1.165) is 35.0 Å². The summed E-state index contributed by atoms with van der Waals surface area (Å²) in [5.41, 5.74) is 2.29. The summed E-state index contributed by atoms with van der Waals surface area (Å²) in [6.07, 6.45) is 5.44. The van der Waals surface area contributed by atoms with E-state index in [1.54, 1.807) is 6.20 Å². The number of benzene rings is 1. The predicted octanol–water partition coefficient (Wildman–Crippen LogP) is 2.59. The van der Waals surface area contributed by atoms with Gasteiger partial charge in [0.05, 0.1) is 11.9 Å². The van der Waals surface area contributed by atoms with Crippen molar-refractivity contribution in [2.45, 2.75) is 43.3 Å². The SMILES string of the molecule is CC1([C@H]2C[C@@H](NS(=O)(=O)Cc3ccccc3)C2)CB(O)Oc2cnc3[nH]ccc3c21. The predicted molar refractivity (Wildman–Crippen MR) is 116 cm³/mol. The van der Waals surface area contributed by atoms with Gasteiger partial charge in [-0.3, -0.25) is 0 Å². The Hall–Kier alpha value is -2.36. The molecule has 0 saturated heterocycles. The molecule has 1 atom stereocenters. The smallest absolute Gasteiger partial charge is 0.523 e. The second kappa shape index (κ2) is 7.11. The van der Waals surface area contributed by atoms with Gasteiger partial charge >= 0.3 is 7.12 Å². The van der Waals surface area contributed by atoms with Crippen LogP contribution in [0.4, 0.5) is 0 Å². The molecule has 1 aliphatic heterocycles. The normalized spacial score (nSPS) is 26.1. The van der Waals surface area contributed by atoms with Gasteiger partial charge in [-0.1, -0.05) is 37.3 Å². The van der Waals surface area contributed by atoms with Gasteiger partial charge in [0.2, 0.25) is 10.0 Å². The van der Waals surface area contributed by atoms with E-state index in [2.05, 4.69) is 21.6 Å². The molecule has 3 heterocycles. The van der Waals surface area contributed by atoms with Gasteiger partial charge in [0.1, 0.15) is 11.4 Å². The molecule has 2 aliphatic rings. The Morgan fingerprint density at radius 3 is 2.83 bits per heavy atom. The van der Waals surface area contributed by atoms with Crippen molar-refractivity contribution in [1.29, 1.82) is 0 Å². The molecule has 2 aromatic heterocycles. The van der Waals surface area contributed by atoms with Crippen molar-refractivity contribution in [3.8, 4) is 5.75 Å². The molecule has 0 radical (unpaired) electrons. The zero-order chi connectivity index (χ0) is 20.9. The zero-order valence-electron chi connectivity index (χ0n) is 16.7. The van der Waals surface area contributed by atoms with Crippen LogP contribution in [0, 0.1) is 5.92 Å². The van der Waals surface area contributed by atoms with Crippen molar-refractivity contribution in [2.24, 2.45) is 5.92 Å². The van der Waals surface area contributed by atoms with E-state index in [-0.39, 0.29) is 23.1 Å². The monoisotopic (exact) mass is 425 g/mol. The van der Waals surface area contributed by atoms with E-state index < -0.39 is 17.1 Å². The lowest BCUT2D eigenvalue weighted by molar-refractivity contribution is 0.141. The Morgan fingerprint density at radius 2 is 2.07 bits per heavy atom. The third-order valence-electron chi connectivity index (χ3n) is 6.57. The van der Waals surface area contributed by atoms with Crippen molar-refractivity contribution in [2.75, 3.05) is 0 Å². The number of nitrogens with one attached hydrogen (secondary N) is 2. The van der Waals surface area contributed by atoms with Crippen LogP contribution in [0.2, 0.25) is 6.32 Å². The number of rotatable bonds is 5. The van der Waals surface area contributed by atoms with Gasteiger partial charge in [-0.25, -0.2) is 18.1 Å². The summed E-state index contributed by atoms with van der Waals surface area (Å²) >= 11 is 0. The Balaban J connectivity index is 1.34. The number of nitrogens with zero attached hydrogens (tertiary/aromatic N) is 1. The van der Waals surface area contributed by atoms with Crippen LogP contribution >= 0.6 is 0 Å². The summed E-state index contributed by atoms with van der Waals surface area (Å²) in [5, 5.41) is 11.3. The second-order valence-corrected chi connectivity index (χ2v) is 10.4. The largest absolute Gasteiger partial charge is 0.535 e. The molecule has 30 heavy (non-hydrogen) atoms. The highest BCUT2D eigenvalue weighted by atomic mass is 32.2. The molecule has 0 amide bonds. The standard InChI is InChI=1S/C21H24BN3O4S/c1-21(13-22(26)29-18-11-24-20-17(19(18)21)7-8-23-20)15-9-16(10-15)25-30(27,28)12-14-5-3-2-4-6-14/h2-8,11,15-16,25-26H,9-10,12-13H2,1H3,(H,23,24)/t15-,16+,21?. The number of sulfonamides is 1. The van der Waals surface area contributed by atoms with Gasteiger partial charge in [0.15, 0.2) is 0 Å². The molecule has 3 N–H and O–H groups in total. The van der Waals surface area contributed by atoms with Gasteiger partial charge in [-0.15, -0.1) is 0 Å². The summed E-state index contributed by atoms with van der Waals surface area (Å²) in [7, 11) is -4.30. The average Bonchev–Trinajstić information content (AvgIpc) is 3.12. The maximum atomic E-state index is 12.6. The van der Waals surface area contributed by atoms with Gasteiger partial charge < -0.3 is 14.7 Å². The highest BCUT2D eigenvalue weighted by Gasteiger charge is 2.51. The Bertz CT molecular complexity index is 1180. The van der Waals surface area contributed by atoms with Crippen LogP contribution < -0.4 is 9.38 Å². The summed E-state index contributed by atoms with van der Waals surface area (Å²) in [4.78, 5) is 7.51. The first-order valence-corrected chi connectivity index (χ1v) is 11.8. The van der Waals surface area contributed by atoms with Gasteiger partial charge in [-0.05, 0) is 35.8 Å². The lowest BCUT2D eigenvalue weighted by Crippen LogP contribution is -2.53. The first-order chi connectivity index (χ1) is 14.3. The number of pyridine rings is 1. The van der Waals surface area contributed by atoms with Crippen LogP contribution in [0.3, 0.4) is 0 Å². The maximum absolute atomic E-state index is 12.6. The fourth-order valence-electron chi connectivity index (χ4n) is 5.02. The molecule has 1 aliphatic carbocycles. The highest BCUT2D eigenvalue weighted by molar-refractivity contribution is 7.88. The minimum Gasteiger partial charge on any atom is -0.535 e. The van der Waals surface area contributed by atoms with Crippen LogP contribution in [0.25, 0.3) is 11.0 Å². The summed E-state index contributed by atoms with van der Waals surface area (Å²) < 4.78 is 33.7. The summed E-state index contributed by atoms with van der Waals surface area (Å²) in [6.45, 7) is 2.14. The first-order valence-electron chi connectivity index (χ1n) is 10.2. The Kier molecular flexibility index (Phi) is 4.64. The molecule has 7 nitrogen and oxygen atoms in total. The molecular formula is C21H24BN3O4S. The quantitative estimate of drug-likeness (QED) is 0.545. The van der Waals surface area contributed by atoms with E-state index in [0.29, 0.717) is 12.1 Å². The number of fused-ring (bicyclic) bond motifs is 3. The van der Waals surface area contributed by atoms with Crippen molar-refractivity contribution in [3.63, 3.8) is 0 Å². The number of hydrogen-bond acceptors (Lipinski definition) is 5. The van der Waals surface area contributed by atoms with Crippen molar-refractivity contribution in [1.82, 2.24) is 14.7 Å². The summed E-state index contributed by atoms with van der Waals surface area (Å²) in [5.74, 6) is 0.827. The van der Waals surface area contributed by atoms with E-state index in [1.165, 1.54) is 0 Å². The van der Waals surface area contributed by atoms with Crippen molar-refractivity contribution >= 4 is 28.2 Å². The van der Waals surface area contributed by atoms with E-state index >= 15 is 0 Å². The van der Waals surface area contributed by atoms with E-state index in [1.807, 2.05) is 42.6 Å². The highest BCUT2D eigenvalue weighted by Crippen LogP contribution is 2.53. The Morgan fingerprint density at radius 1 is 1.30 bits per heavy atom. The van der Waals surface area contributed by atoms with Crippen LogP contribution in [-0.2, 0) is 21.2 Å². The zero-order valence-corrected chi connectivity index (χ0v) is 17.5. The number of H-pyrrole nitrogens is 1. The minimum atomic E-state index is -3.40. The maximum Gasteiger partial charge on any atom is 0.523 e. The molecule has 1 saturated carbocycles. The van der Waals surface area contributed by atoms with Gasteiger partial charge in [-0.2, -0.15) is 0 Å².